The van der Waals surface area contributed by atoms with Crippen LogP contribution >= 0.6 is 0 Å². The number of ether oxygens (including phenoxy) is 2. The maximum absolute atomic E-state index is 11.9. The van der Waals surface area contributed by atoms with Crippen LogP contribution in [0.25, 0.3) is 0 Å². The lowest BCUT2D eigenvalue weighted by Gasteiger charge is -2.31. The summed E-state index contributed by atoms with van der Waals surface area (Å²) in [5.41, 5.74) is 1.47. The van der Waals surface area contributed by atoms with E-state index in [0.29, 0.717) is 18.7 Å². The van der Waals surface area contributed by atoms with Crippen molar-refractivity contribution in [1.82, 2.24) is 14.7 Å². The quantitative estimate of drug-likeness (QED) is 0.759. The monoisotopic (exact) mass is 281 g/mol. The number of hydrogen-bond acceptors (Lipinski definition) is 5. The molecule has 1 aliphatic heterocycles. The molecule has 112 valence electrons. The first-order valence-corrected chi connectivity index (χ1v) is 7.08. The molecule has 1 aromatic heterocycles. The molecule has 0 aromatic carbocycles. The van der Waals surface area contributed by atoms with Gasteiger partial charge < -0.3 is 9.47 Å². The maximum atomic E-state index is 11.9. The van der Waals surface area contributed by atoms with Crippen LogP contribution in [0.2, 0.25) is 0 Å². The largest absolute Gasteiger partial charge is 0.462 e. The molecule has 1 aromatic rings. The van der Waals surface area contributed by atoms with Gasteiger partial charge in [0.05, 0.1) is 24.6 Å². The van der Waals surface area contributed by atoms with Gasteiger partial charge in [0.1, 0.15) is 5.56 Å². The Bertz CT molecular complexity index is 459. The topological polar surface area (TPSA) is 56.6 Å². The first-order valence-electron chi connectivity index (χ1n) is 7.08. The van der Waals surface area contributed by atoms with Gasteiger partial charge in [0.15, 0.2) is 0 Å². The van der Waals surface area contributed by atoms with Gasteiger partial charge in [0.2, 0.25) is 0 Å². The normalized spacial score (nSPS) is 20.1. The number of nitrogens with zero attached hydrogens (tertiary/aromatic N) is 3. The zero-order valence-corrected chi connectivity index (χ0v) is 12.5. The van der Waals surface area contributed by atoms with E-state index in [1.165, 1.54) is 0 Å². The first-order chi connectivity index (χ1) is 9.65. The Morgan fingerprint density at radius 3 is 3.05 bits per heavy atom. The zero-order valence-electron chi connectivity index (χ0n) is 12.5. The number of piperidine rings is 1. The summed E-state index contributed by atoms with van der Waals surface area (Å²) in [5.74, 6) is -0.295. The molecule has 1 unspecified atom stereocenters. The summed E-state index contributed by atoms with van der Waals surface area (Å²) in [5, 5.41) is 4.18. The van der Waals surface area contributed by atoms with Gasteiger partial charge in [-0.2, -0.15) is 5.10 Å². The number of methoxy groups -OCH3 is 1. The Morgan fingerprint density at radius 1 is 1.55 bits per heavy atom. The third-order valence-corrected chi connectivity index (χ3v) is 3.73. The summed E-state index contributed by atoms with van der Waals surface area (Å²) < 4.78 is 12.3. The number of aryl methyl sites for hydroxylation is 1. The van der Waals surface area contributed by atoms with Crippen molar-refractivity contribution in [3.05, 3.63) is 17.5 Å². The van der Waals surface area contributed by atoms with Gasteiger partial charge in [-0.25, -0.2) is 4.79 Å². The van der Waals surface area contributed by atoms with Gasteiger partial charge >= 0.3 is 5.97 Å². The molecular formula is C14H23N3O3. The molecule has 0 N–H and O–H groups in total. The van der Waals surface area contributed by atoms with Crippen molar-refractivity contribution in [1.29, 1.82) is 0 Å². The van der Waals surface area contributed by atoms with E-state index in [1.807, 2.05) is 14.0 Å². The van der Waals surface area contributed by atoms with Crippen LogP contribution < -0.4 is 0 Å². The highest BCUT2D eigenvalue weighted by atomic mass is 16.5. The van der Waals surface area contributed by atoms with Crippen LogP contribution in [0.1, 0.15) is 35.8 Å². The van der Waals surface area contributed by atoms with E-state index in [2.05, 4.69) is 10.00 Å². The van der Waals surface area contributed by atoms with Crippen LogP contribution in [0.3, 0.4) is 0 Å². The molecule has 0 saturated carbocycles. The highest BCUT2D eigenvalue weighted by Gasteiger charge is 2.23. The molecule has 0 bridgehead atoms. The van der Waals surface area contributed by atoms with E-state index >= 15 is 0 Å². The summed E-state index contributed by atoms with van der Waals surface area (Å²) in [6.45, 7) is 4.80. The lowest BCUT2D eigenvalue weighted by Crippen LogP contribution is -2.39. The van der Waals surface area contributed by atoms with Crippen LogP contribution in [0, 0.1) is 0 Å². The van der Waals surface area contributed by atoms with Gasteiger partial charge in [-0.05, 0) is 26.3 Å². The highest BCUT2D eigenvalue weighted by Crippen LogP contribution is 2.18. The average Bonchev–Trinajstić information content (AvgIpc) is 2.81. The maximum Gasteiger partial charge on any atom is 0.341 e. The standard InChI is InChI=1S/C14H23N3O3/c1-4-20-14(18)12-8-15-16(2)13(12)10-17-7-5-6-11(9-17)19-3/h8,11H,4-7,9-10H2,1-3H3. The van der Waals surface area contributed by atoms with Crippen molar-refractivity contribution < 1.29 is 14.3 Å². The second-order valence-electron chi connectivity index (χ2n) is 5.08. The predicted octanol–water partition coefficient (Wildman–Crippen LogP) is 1.21. The molecule has 1 saturated heterocycles. The summed E-state index contributed by atoms with van der Waals surface area (Å²) in [6, 6.07) is 0. The van der Waals surface area contributed by atoms with Crippen molar-refractivity contribution in [2.45, 2.75) is 32.4 Å². The van der Waals surface area contributed by atoms with Crippen LogP contribution in [0.5, 0.6) is 0 Å². The van der Waals surface area contributed by atoms with E-state index in [-0.39, 0.29) is 12.1 Å². The fourth-order valence-corrected chi connectivity index (χ4v) is 2.59. The van der Waals surface area contributed by atoms with Crippen LogP contribution in [0.15, 0.2) is 6.20 Å². The summed E-state index contributed by atoms with van der Waals surface area (Å²) in [6.07, 6.45) is 4.09. The minimum atomic E-state index is -0.295. The van der Waals surface area contributed by atoms with Crippen LogP contribution in [0.4, 0.5) is 0 Å². The second-order valence-corrected chi connectivity index (χ2v) is 5.08. The molecule has 0 radical (unpaired) electrons. The van der Waals surface area contributed by atoms with Crippen molar-refractivity contribution in [3.8, 4) is 0 Å². The molecule has 1 aliphatic rings. The van der Waals surface area contributed by atoms with E-state index in [0.717, 1.165) is 31.6 Å². The molecule has 2 heterocycles. The van der Waals surface area contributed by atoms with E-state index in [9.17, 15) is 4.79 Å². The number of aromatic nitrogens is 2. The lowest BCUT2D eigenvalue weighted by atomic mass is 10.1. The summed E-state index contributed by atoms with van der Waals surface area (Å²) >= 11 is 0. The molecule has 0 spiro atoms. The van der Waals surface area contributed by atoms with Gasteiger partial charge in [-0.15, -0.1) is 0 Å². The van der Waals surface area contributed by atoms with Crippen molar-refractivity contribution in [2.75, 3.05) is 26.8 Å². The summed E-state index contributed by atoms with van der Waals surface area (Å²) in [4.78, 5) is 14.2. The third-order valence-electron chi connectivity index (χ3n) is 3.73. The summed E-state index contributed by atoms with van der Waals surface area (Å²) in [7, 11) is 3.61. The number of likely N-dealkylation sites (tertiary alicyclic amines) is 1. The van der Waals surface area contributed by atoms with Crippen LogP contribution in [-0.2, 0) is 23.1 Å². The molecule has 1 fully saturated rings. The van der Waals surface area contributed by atoms with Gasteiger partial charge in [0.25, 0.3) is 0 Å². The van der Waals surface area contributed by atoms with Gasteiger partial charge in [-0.1, -0.05) is 0 Å². The Labute approximate surface area is 119 Å². The van der Waals surface area contributed by atoms with Crippen molar-refractivity contribution in [3.63, 3.8) is 0 Å². The highest BCUT2D eigenvalue weighted by molar-refractivity contribution is 5.90. The second kappa shape index (κ2) is 6.85. The van der Waals surface area contributed by atoms with E-state index in [1.54, 1.807) is 18.0 Å². The van der Waals surface area contributed by atoms with Crippen molar-refractivity contribution >= 4 is 5.97 Å². The van der Waals surface area contributed by atoms with Crippen LogP contribution in [-0.4, -0.2) is 53.6 Å². The Morgan fingerprint density at radius 2 is 2.35 bits per heavy atom. The first kappa shape index (κ1) is 15.0. The van der Waals surface area contributed by atoms with Crippen molar-refractivity contribution in [2.24, 2.45) is 7.05 Å². The third kappa shape index (κ3) is 3.37. The number of carbonyl (C=O) groups is 1. The fourth-order valence-electron chi connectivity index (χ4n) is 2.59. The van der Waals surface area contributed by atoms with Gasteiger partial charge in [-0.3, -0.25) is 9.58 Å². The fraction of sp³-hybridized carbons (Fsp3) is 0.714. The Balaban J connectivity index is 2.08. The molecule has 0 aliphatic carbocycles. The predicted molar refractivity (Wildman–Crippen MR) is 74.5 cm³/mol. The molecule has 6 heteroatoms. The lowest BCUT2D eigenvalue weighted by molar-refractivity contribution is 0.0274. The molecule has 20 heavy (non-hydrogen) atoms. The SMILES string of the molecule is CCOC(=O)c1cnn(C)c1CN1CCCC(OC)C1. The smallest absolute Gasteiger partial charge is 0.341 e. The Hall–Kier alpha value is -1.40. The Kier molecular flexibility index (Phi) is 5.14. The minimum Gasteiger partial charge on any atom is -0.462 e. The number of carbonyl (C=O) groups excluding carboxylic acids is 1. The molecule has 1 atom stereocenters. The number of rotatable bonds is 5. The minimum absolute atomic E-state index is 0.281. The van der Waals surface area contributed by atoms with E-state index in [4.69, 9.17) is 9.47 Å². The molecule has 2 rings (SSSR count). The molecule has 6 nitrogen and oxygen atoms in total. The number of hydrogen-bond donors (Lipinski definition) is 0. The average molecular weight is 281 g/mol. The van der Waals surface area contributed by atoms with Gasteiger partial charge in [0, 0.05) is 27.2 Å². The molecule has 0 amide bonds. The molecular weight excluding hydrogens is 258 g/mol. The zero-order chi connectivity index (χ0) is 14.5. The number of esters is 1. The van der Waals surface area contributed by atoms with E-state index < -0.39 is 0 Å².